The summed E-state index contributed by atoms with van der Waals surface area (Å²) >= 11 is 0. The van der Waals surface area contributed by atoms with Gasteiger partial charge in [-0.2, -0.15) is 0 Å². The van der Waals surface area contributed by atoms with E-state index in [-0.39, 0.29) is 6.42 Å². The number of amides is 1. The lowest BCUT2D eigenvalue weighted by Crippen LogP contribution is -2.60. The molecule has 0 aromatic carbocycles. The maximum absolute atomic E-state index is 13.0. The van der Waals surface area contributed by atoms with Gasteiger partial charge in [-0.3, -0.25) is 4.79 Å². The first-order chi connectivity index (χ1) is 30.2. The average Bonchev–Trinajstić information content (AvgIpc) is 3.27. The van der Waals surface area contributed by atoms with Crippen molar-refractivity contribution in [3.8, 4) is 0 Å². The standard InChI is InChI=1S/C51H99NO10/c1-3-5-7-9-11-13-14-15-16-17-18-19-20-21-22-23-24-25-26-27-28-29-31-32-34-36-38-43(54)46(56)42(41-61-51-49(59)48(58)47(57)45(40-53)62-51)52-50(60)44(55)39-37-35-33-30-12-10-8-6-4-2/h10,12,42-49,51,53-59H,3-9,11,13-41H2,1-2H3,(H,52,60)/b12-10-. The predicted octanol–water partition coefficient (Wildman–Crippen LogP) is 9.62. The van der Waals surface area contributed by atoms with Gasteiger partial charge < -0.3 is 50.5 Å². The number of hydrogen-bond donors (Lipinski definition) is 8. The Morgan fingerprint density at radius 3 is 1.40 bits per heavy atom. The highest BCUT2D eigenvalue weighted by Gasteiger charge is 2.44. The summed E-state index contributed by atoms with van der Waals surface area (Å²) in [6.45, 7) is 3.39. The topological polar surface area (TPSA) is 189 Å². The molecule has 62 heavy (non-hydrogen) atoms. The van der Waals surface area contributed by atoms with E-state index in [0.29, 0.717) is 19.3 Å². The summed E-state index contributed by atoms with van der Waals surface area (Å²) in [5, 5.41) is 75.6. The summed E-state index contributed by atoms with van der Waals surface area (Å²) in [4.78, 5) is 13.0. The molecule has 1 fully saturated rings. The van der Waals surface area contributed by atoms with Crippen LogP contribution in [0.1, 0.15) is 239 Å². The van der Waals surface area contributed by atoms with E-state index in [9.17, 15) is 40.5 Å². The molecule has 11 heteroatoms. The molecule has 1 heterocycles. The minimum Gasteiger partial charge on any atom is -0.394 e. The first-order valence-corrected chi connectivity index (χ1v) is 26.1. The lowest BCUT2D eigenvalue weighted by Gasteiger charge is -2.40. The zero-order chi connectivity index (χ0) is 45.5. The van der Waals surface area contributed by atoms with Crippen LogP contribution < -0.4 is 5.32 Å². The maximum Gasteiger partial charge on any atom is 0.249 e. The van der Waals surface area contributed by atoms with E-state index in [4.69, 9.17) is 9.47 Å². The van der Waals surface area contributed by atoms with Crippen LogP contribution in [0.3, 0.4) is 0 Å². The molecule has 0 bridgehead atoms. The molecule has 9 unspecified atom stereocenters. The summed E-state index contributed by atoms with van der Waals surface area (Å²) in [7, 11) is 0. The number of unbranched alkanes of at least 4 members (excludes halogenated alkanes) is 30. The second-order valence-electron chi connectivity index (χ2n) is 18.6. The number of carbonyl (C=O) groups excluding carboxylic acids is 1. The fraction of sp³-hybridized carbons (Fsp3) is 0.941. The number of aliphatic hydroxyl groups is 7. The Labute approximate surface area is 379 Å². The Bertz CT molecular complexity index is 1020. The molecule has 0 radical (unpaired) electrons. The van der Waals surface area contributed by atoms with Gasteiger partial charge in [0.1, 0.15) is 36.6 Å². The van der Waals surface area contributed by atoms with E-state index >= 15 is 0 Å². The van der Waals surface area contributed by atoms with Crippen LogP contribution in [0.15, 0.2) is 12.2 Å². The van der Waals surface area contributed by atoms with Crippen molar-refractivity contribution >= 4 is 5.91 Å². The van der Waals surface area contributed by atoms with Crippen molar-refractivity contribution in [1.29, 1.82) is 0 Å². The van der Waals surface area contributed by atoms with Crippen molar-refractivity contribution in [2.45, 2.75) is 294 Å². The monoisotopic (exact) mass is 886 g/mol. The van der Waals surface area contributed by atoms with Gasteiger partial charge in [0.15, 0.2) is 6.29 Å². The highest BCUT2D eigenvalue weighted by Crippen LogP contribution is 2.23. The van der Waals surface area contributed by atoms with Crippen LogP contribution in [0.4, 0.5) is 0 Å². The third kappa shape index (κ3) is 30.1. The molecule has 1 aliphatic heterocycles. The van der Waals surface area contributed by atoms with E-state index in [0.717, 1.165) is 44.9 Å². The van der Waals surface area contributed by atoms with Gasteiger partial charge in [-0.05, 0) is 32.1 Å². The maximum atomic E-state index is 13.0. The van der Waals surface area contributed by atoms with Gasteiger partial charge in [-0.25, -0.2) is 0 Å². The molecule has 0 aromatic heterocycles. The van der Waals surface area contributed by atoms with Crippen molar-refractivity contribution in [2.75, 3.05) is 13.2 Å². The van der Waals surface area contributed by atoms with Gasteiger partial charge in [-0.15, -0.1) is 0 Å². The van der Waals surface area contributed by atoms with E-state index in [1.807, 2.05) is 0 Å². The molecule has 9 atom stereocenters. The summed E-state index contributed by atoms with van der Waals surface area (Å²) in [6.07, 6.45) is 34.4. The van der Waals surface area contributed by atoms with Crippen molar-refractivity contribution < 1.29 is 50.0 Å². The molecule has 0 spiro atoms. The van der Waals surface area contributed by atoms with Crippen LogP contribution in [0, 0.1) is 0 Å². The molecule has 1 saturated heterocycles. The van der Waals surface area contributed by atoms with Crippen LogP contribution in [-0.2, 0) is 14.3 Å². The number of carbonyl (C=O) groups is 1. The molecular formula is C51H99NO10. The van der Waals surface area contributed by atoms with Crippen molar-refractivity contribution in [1.82, 2.24) is 5.32 Å². The molecule has 1 rings (SSSR count). The first kappa shape index (κ1) is 58.9. The first-order valence-electron chi connectivity index (χ1n) is 26.1. The third-order valence-corrected chi connectivity index (χ3v) is 12.8. The smallest absolute Gasteiger partial charge is 0.249 e. The molecule has 1 aliphatic rings. The second-order valence-corrected chi connectivity index (χ2v) is 18.6. The number of rotatable bonds is 44. The third-order valence-electron chi connectivity index (χ3n) is 12.8. The van der Waals surface area contributed by atoms with Gasteiger partial charge in [0.25, 0.3) is 0 Å². The molecule has 0 aliphatic carbocycles. The Hall–Kier alpha value is -1.15. The highest BCUT2D eigenvalue weighted by atomic mass is 16.7. The Balaban J connectivity index is 2.26. The lowest BCUT2D eigenvalue weighted by atomic mass is 9.98. The fourth-order valence-electron chi connectivity index (χ4n) is 8.48. The molecule has 8 N–H and O–H groups in total. The second kappa shape index (κ2) is 41.3. The number of ether oxygens (including phenoxy) is 2. The van der Waals surface area contributed by atoms with Crippen LogP contribution >= 0.6 is 0 Å². The van der Waals surface area contributed by atoms with E-state index < -0.39 is 74.2 Å². The molecule has 1 amide bonds. The Morgan fingerprint density at radius 2 is 0.952 bits per heavy atom. The van der Waals surface area contributed by atoms with Crippen LogP contribution in [-0.4, -0.2) is 110 Å². The minimum atomic E-state index is -1.66. The van der Waals surface area contributed by atoms with Crippen molar-refractivity contribution in [3.63, 3.8) is 0 Å². The fourth-order valence-corrected chi connectivity index (χ4v) is 8.48. The molecule has 368 valence electrons. The molecule has 11 nitrogen and oxygen atoms in total. The van der Waals surface area contributed by atoms with Crippen LogP contribution in [0.2, 0.25) is 0 Å². The van der Waals surface area contributed by atoms with E-state index in [1.165, 1.54) is 154 Å². The lowest BCUT2D eigenvalue weighted by molar-refractivity contribution is -0.303. The average molecular weight is 886 g/mol. The van der Waals surface area contributed by atoms with Crippen molar-refractivity contribution in [2.24, 2.45) is 0 Å². The minimum absolute atomic E-state index is 0.240. The van der Waals surface area contributed by atoms with Gasteiger partial charge >= 0.3 is 0 Å². The summed E-state index contributed by atoms with van der Waals surface area (Å²) in [5.41, 5.74) is 0. The zero-order valence-electron chi connectivity index (χ0n) is 39.9. The summed E-state index contributed by atoms with van der Waals surface area (Å²) < 4.78 is 11.1. The van der Waals surface area contributed by atoms with Crippen molar-refractivity contribution in [3.05, 3.63) is 12.2 Å². The molecule has 0 aromatic rings. The largest absolute Gasteiger partial charge is 0.394 e. The number of aliphatic hydroxyl groups excluding tert-OH is 7. The van der Waals surface area contributed by atoms with E-state index in [1.54, 1.807) is 0 Å². The highest BCUT2D eigenvalue weighted by molar-refractivity contribution is 5.80. The van der Waals surface area contributed by atoms with Gasteiger partial charge in [0.2, 0.25) is 5.91 Å². The number of allylic oxidation sites excluding steroid dienone is 2. The SMILES string of the molecule is CCCC/C=C\CCCCCC(O)C(=O)NC(COC1OC(CO)C(O)C(O)C1O)C(O)C(O)CCCCCCCCCCCCCCCCCCCCCCCCCCCC. The predicted molar refractivity (Wildman–Crippen MR) is 252 cm³/mol. The Morgan fingerprint density at radius 1 is 0.548 bits per heavy atom. The quantitative estimate of drug-likeness (QED) is 0.0216. The van der Waals surface area contributed by atoms with Gasteiger partial charge in [0, 0.05) is 0 Å². The summed E-state index contributed by atoms with van der Waals surface area (Å²) in [6, 6.07) is -1.17. The normalized spacial score (nSPS) is 21.3. The summed E-state index contributed by atoms with van der Waals surface area (Å²) in [5.74, 6) is -0.710. The van der Waals surface area contributed by atoms with Crippen LogP contribution in [0.25, 0.3) is 0 Å². The molecule has 0 saturated carbocycles. The zero-order valence-corrected chi connectivity index (χ0v) is 39.9. The number of nitrogens with one attached hydrogen (secondary N) is 1. The number of hydrogen-bond acceptors (Lipinski definition) is 10. The van der Waals surface area contributed by atoms with Crippen LogP contribution in [0.5, 0.6) is 0 Å². The Kier molecular flexibility index (Phi) is 39.2. The van der Waals surface area contributed by atoms with Gasteiger partial charge in [-0.1, -0.05) is 219 Å². The van der Waals surface area contributed by atoms with Gasteiger partial charge in [0.05, 0.1) is 25.4 Å². The molecular weight excluding hydrogens is 787 g/mol. The van der Waals surface area contributed by atoms with E-state index in [2.05, 4.69) is 31.3 Å².